The summed E-state index contributed by atoms with van der Waals surface area (Å²) in [5, 5.41) is 11.0. The Morgan fingerprint density at radius 2 is 2.23 bits per heavy atom. The van der Waals surface area contributed by atoms with Gasteiger partial charge in [-0.3, -0.25) is 0 Å². The summed E-state index contributed by atoms with van der Waals surface area (Å²) in [7, 11) is 0. The third-order valence-corrected chi connectivity index (χ3v) is 2.65. The van der Waals surface area contributed by atoms with E-state index >= 15 is 0 Å². The Bertz CT molecular complexity index is 294. The molecule has 0 aliphatic rings. The zero-order valence-electron chi connectivity index (χ0n) is 7.65. The van der Waals surface area contributed by atoms with Crippen LogP contribution in [-0.2, 0) is 0 Å². The van der Waals surface area contributed by atoms with Gasteiger partial charge in [-0.1, -0.05) is 0 Å². The van der Waals surface area contributed by atoms with Crippen LogP contribution in [0.3, 0.4) is 0 Å². The van der Waals surface area contributed by atoms with E-state index in [0.29, 0.717) is 0 Å². The second kappa shape index (κ2) is 4.23. The molecule has 1 aromatic rings. The smallest absolute Gasteiger partial charge is 0.355 e. The number of carboxylic acids is 1. The lowest BCUT2D eigenvalue weighted by Gasteiger charge is -2.16. The van der Waals surface area contributed by atoms with Crippen LogP contribution >= 0.6 is 11.3 Å². The van der Waals surface area contributed by atoms with Crippen LogP contribution in [0.25, 0.3) is 0 Å². The minimum absolute atomic E-state index is 0.131. The third-order valence-electron chi connectivity index (χ3n) is 1.75. The van der Waals surface area contributed by atoms with Gasteiger partial charge in [0.1, 0.15) is 0 Å². The Morgan fingerprint density at radius 3 is 2.62 bits per heavy atom. The molecule has 72 valence electrons. The van der Waals surface area contributed by atoms with E-state index in [9.17, 15) is 4.79 Å². The number of anilines is 1. The highest BCUT2D eigenvalue weighted by Gasteiger charge is 2.11. The molecule has 4 nitrogen and oxygen atoms in total. The maximum absolute atomic E-state index is 10.5. The number of aromatic nitrogens is 1. The summed E-state index contributed by atoms with van der Waals surface area (Å²) in [6.45, 7) is 5.74. The average molecular weight is 200 g/mol. The largest absolute Gasteiger partial charge is 0.476 e. The molecule has 0 aromatic carbocycles. The van der Waals surface area contributed by atoms with E-state index in [0.717, 1.165) is 18.2 Å². The Morgan fingerprint density at radius 1 is 1.62 bits per heavy atom. The Hall–Kier alpha value is -1.10. The van der Waals surface area contributed by atoms with Gasteiger partial charge < -0.3 is 10.0 Å². The van der Waals surface area contributed by atoms with Crippen molar-refractivity contribution in [2.75, 3.05) is 18.0 Å². The topological polar surface area (TPSA) is 53.4 Å². The summed E-state index contributed by atoms with van der Waals surface area (Å²) in [6, 6.07) is 0. The molecule has 5 heteroatoms. The number of aromatic carboxylic acids is 1. The van der Waals surface area contributed by atoms with Gasteiger partial charge in [-0.15, -0.1) is 11.3 Å². The molecule has 0 amide bonds. The second-order valence-electron chi connectivity index (χ2n) is 2.49. The zero-order chi connectivity index (χ0) is 9.84. The minimum atomic E-state index is -0.963. The highest BCUT2D eigenvalue weighted by molar-refractivity contribution is 7.13. The van der Waals surface area contributed by atoms with Crippen LogP contribution in [0.4, 0.5) is 5.13 Å². The first-order chi connectivity index (χ1) is 6.19. The first-order valence-corrected chi connectivity index (χ1v) is 5.00. The van der Waals surface area contributed by atoms with Gasteiger partial charge in [0.15, 0.2) is 10.8 Å². The fourth-order valence-electron chi connectivity index (χ4n) is 1.00. The molecule has 0 radical (unpaired) electrons. The third kappa shape index (κ3) is 2.18. The standard InChI is InChI=1S/C8H12N2O2S/c1-3-10(4-2)8-9-6(5-13-8)7(11)12/h5H,3-4H2,1-2H3,(H,11,12). The van der Waals surface area contributed by atoms with E-state index in [1.807, 2.05) is 18.7 Å². The van der Waals surface area contributed by atoms with Gasteiger partial charge in [-0.25, -0.2) is 9.78 Å². The van der Waals surface area contributed by atoms with E-state index in [1.165, 1.54) is 11.3 Å². The van der Waals surface area contributed by atoms with Gasteiger partial charge >= 0.3 is 5.97 Å². The molecule has 0 saturated carbocycles. The lowest BCUT2D eigenvalue weighted by atomic mass is 10.5. The highest BCUT2D eigenvalue weighted by atomic mass is 32.1. The number of carbonyl (C=O) groups is 1. The van der Waals surface area contributed by atoms with Gasteiger partial charge in [0.25, 0.3) is 0 Å². The molecular weight excluding hydrogens is 188 g/mol. The number of hydrogen-bond acceptors (Lipinski definition) is 4. The molecule has 1 aromatic heterocycles. The summed E-state index contributed by atoms with van der Waals surface area (Å²) in [5.74, 6) is -0.963. The predicted octanol–water partition coefficient (Wildman–Crippen LogP) is 1.69. The Kier molecular flexibility index (Phi) is 3.25. The van der Waals surface area contributed by atoms with Gasteiger partial charge in [-0.2, -0.15) is 0 Å². The van der Waals surface area contributed by atoms with Crippen LogP contribution in [0.5, 0.6) is 0 Å². The quantitative estimate of drug-likeness (QED) is 0.803. The SMILES string of the molecule is CCN(CC)c1nc(C(=O)O)cs1. The number of nitrogens with zero attached hydrogens (tertiary/aromatic N) is 2. The molecule has 0 atom stereocenters. The van der Waals surface area contributed by atoms with E-state index in [4.69, 9.17) is 5.11 Å². The molecular formula is C8H12N2O2S. The van der Waals surface area contributed by atoms with Gasteiger partial charge in [-0.05, 0) is 13.8 Å². The van der Waals surface area contributed by atoms with E-state index < -0.39 is 5.97 Å². The molecule has 1 rings (SSSR count). The van der Waals surface area contributed by atoms with Crippen molar-refractivity contribution in [2.45, 2.75) is 13.8 Å². The van der Waals surface area contributed by atoms with Crippen LogP contribution in [-0.4, -0.2) is 29.1 Å². The first-order valence-electron chi connectivity index (χ1n) is 4.12. The molecule has 13 heavy (non-hydrogen) atoms. The van der Waals surface area contributed by atoms with Crippen molar-refractivity contribution in [3.8, 4) is 0 Å². The van der Waals surface area contributed by atoms with E-state index in [2.05, 4.69) is 4.98 Å². The minimum Gasteiger partial charge on any atom is -0.476 e. The number of carboxylic acid groups (broad SMARTS) is 1. The van der Waals surface area contributed by atoms with Crippen molar-refractivity contribution < 1.29 is 9.90 Å². The van der Waals surface area contributed by atoms with Crippen molar-refractivity contribution in [2.24, 2.45) is 0 Å². The zero-order valence-corrected chi connectivity index (χ0v) is 8.47. The first kappa shape index (κ1) is 9.98. The predicted molar refractivity (Wildman–Crippen MR) is 52.6 cm³/mol. The molecule has 0 unspecified atom stereocenters. The van der Waals surface area contributed by atoms with E-state index in [-0.39, 0.29) is 5.69 Å². The molecule has 0 fully saturated rings. The van der Waals surface area contributed by atoms with Crippen LogP contribution in [0.1, 0.15) is 24.3 Å². The normalized spacial score (nSPS) is 10.0. The van der Waals surface area contributed by atoms with Crippen LogP contribution in [0.2, 0.25) is 0 Å². The maximum atomic E-state index is 10.5. The molecule has 1 N–H and O–H groups in total. The van der Waals surface area contributed by atoms with Crippen molar-refractivity contribution in [3.63, 3.8) is 0 Å². The summed E-state index contributed by atoms with van der Waals surface area (Å²) < 4.78 is 0. The van der Waals surface area contributed by atoms with Gasteiger partial charge in [0.2, 0.25) is 0 Å². The number of thiazole rings is 1. The summed E-state index contributed by atoms with van der Waals surface area (Å²) >= 11 is 1.37. The maximum Gasteiger partial charge on any atom is 0.355 e. The average Bonchev–Trinajstić information content (AvgIpc) is 2.56. The highest BCUT2D eigenvalue weighted by Crippen LogP contribution is 2.19. The fourth-order valence-corrected chi connectivity index (χ4v) is 1.93. The van der Waals surface area contributed by atoms with Crippen LogP contribution in [0.15, 0.2) is 5.38 Å². The molecule has 0 saturated heterocycles. The Balaban J connectivity index is 2.84. The van der Waals surface area contributed by atoms with Crippen molar-refractivity contribution in [3.05, 3.63) is 11.1 Å². The van der Waals surface area contributed by atoms with Crippen molar-refractivity contribution in [1.82, 2.24) is 4.98 Å². The lowest BCUT2D eigenvalue weighted by Crippen LogP contribution is -2.21. The Labute approximate surface area is 80.8 Å². The number of rotatable bonds is 4. The molecule has 0 spiro atoms. The van der Waals surface area contributed by atoms with Gasteiger partial charge in [0, 0.05) is 18.5 Å². The lowest BCUT2D eigenvalue weighted by molar-refractivity contribution is 0.0691. The second-order valence-corrected chi connectivity index (χ2v) is 3.33. The van der Waals surface area contributed by atoms with E-state index in [1.54, 1.807) is 5.38 Å². The molecule has 0 aliphatic carbocycles. The van der Waals surface area contributed by atoms with Crippen molar-refractivity contribution >= 4 is 22.4 Å². The van der Waals surface area contributed by atoms with Crippen LogP contribution < -0.4 is 4.90 Å². The molecule has 0 bridgehead atoms. The monoisotopic (exact) mass is 200 g/mol. The van der Waals surface area contributed by atoms with Gasteiger partial charge in [0.05, 0.1) is 0 Å². The number of hydrogen-bond donors (Lipinski definition) is 1. The summed E-state index contributed by atoms with van der Waals surface area (Å²) in [5.41, 5.74) is 0.131. The summed E-state index contributed by atoms with van der Waals surface area (Å²) in [6.07, 6.45) is 0. The van der Waals surface area contributed by atoms with Crippen molar-refractivity contribution in [1.29, 1.82) is 0 Å². The van der Waals surface area contributed by atoms with Crippen LogP contribution in [0, 0.1) is 0 Å². The fraction of sp³-hybridized carbons (Fsp3) is 0.500. The summed E-state index contributed by atoms with van der Waals surface area (Å²) in [4.78, 5) is 16.6. The molecule has 1 heterocycles. The molecule has 0 aliphatic heterocycles.